The van der Waals surface area contributed by atoms with Gasteiger partial charge in [-0.15, -0.1) is 0 Å². The van der Waals surface area contributed by atoms with Gasteiger partial charge in [-0.25, -0.2) is 0 Å². The van der Waals surface area contributed by atoms with Crippen molar-refractivity contribution in [3.63, 3.8) is 0 Å². The summed E-state index contributed by atoms with van der Waals surface area (Å²) in [4.78, 5) is 27.1. The number of piperazine rings is 1. The van der Waals surface area contributed by atoms with Crippen molar-refractivity contribution in [2.24, 2.45) is 23.2 Å². The molecule has 6 heteroatoms. The molecule has 3 N–H and O–H groups in total. The maximum atomic E-state index is 13.0. The summed E-state index contributed by atoms with van der Waals surface area (Å²) in [5.74, 6) is 0.786. The third-order valence-corrected chi connectivity index (χ3v) is 7.35. The van der Waals surface area contributed by atoms with E-state index in [9.17, 15) is 14.7 Å². The van der Waals surface area contributed by atoms with E-state index in [2.05, 4.69) is 22.5 Å². The van der Waals surface area contributed by atoms with E-state index in [1.54, 1.807) is 0 Å². The van der Waals surface area contributed by atoms with Crippen molar-refractivity contribution in [2.75, 3.05) is 19.6 Å². The molecule has 4 aliphatic carbocycles. The summed E-state index contributed by atoms with van der Waals surface area (Å²) >= 11 is 0. The molecule has 3 atom stereocenters. The monoisotopic (exact) mass is 349 g/mol. The molecule has 140 valence electrons. The molecule has 0 spiro atoms. The first-order valence-corrected chi connectivity index (χ1v) is 9.90. The molecular weight excluding hydrogens is 318 g/mol. The third-order valence-electron chi connectivity index (χ3n) is 7.35. The van der Waals surface area contributed by atoms with E-state index < -0.39 is 11.4 Å². The van der Waals surface area contributed by atoms with E-state index in [1.165, 1.54) is 0 Å². The van der Waals surface area contributed by atoms with Gasteiger partial charge < -0.3 is 15.3 Å². The normalized spacial score (nSPS) is 45.4. The lowest BCUT2D eigenvalue weighted by Crippen LogP contribution is -2.73. The molecule has 0 radical (unpaired) electrons. The van der Waals surface area contributed by atoms with E-state index in [0.29, 0.717) is 24.2 Å². The van der Waals surface area contributed by atoms with Gasteiger partial charge in [-0.1, -0.05) is 6.92 Å². The average Bonchev–Trinajstić information content (AvgIpc) is 2.57. The van der Waals surface area contributed by atoms with Crippen LogP contribution in [0, 0.1) is 23.2 Å². The molecule has 4 bridgehead atoms. The van der Waals surface area contributed by atoms with E-state index in [0.717, 1.165) is 51.7 Å². The number of carboxylic acid groups (broad SMARTS) is 1. The molecule has 1 amide bonds. The smallest absolute Gasteiger partial charge is 0.309 e. The van der Waals surface area contributed by atoms with E-state index in [4.69, 9.17) is 0 Å². The SMILES string of the molecule is CCC(=O)N(C1C2CC3CC1CC(C(=O)O)(C3)C2)C1(C)CNCCN1. The molecule has 5 fully saturated rings. The number of hydrogen-bond donors (Lipinski definition) is 3. The summed E-state index contributed by atoms with van der Waals surface area (Å²) in [6.45, 7) is 6.59. The predicted molar refractivity (Wildman–Crippen MR) is 93.8 cm³/mol. The number of carbonyl (C=O) groups excluding carboxylic acids is 1. The Morgan fingerprint density at radius 3 is 2.36 bits per heavy atom. The molecule has 1 saturated heterocycles. The van der Waals surface area contributed by atoms with Crippen molar-refractivity contribution in [3.8, 4) is 0 Å². The maximum absolute atomic E-state index is 13.0. The molecule has 5 rings (SSSR count). The zero-order chi connectivity index (χ0) is 17.8. The summed E-state index contributed by atoms with van der Waals surface area (Å²) < 4.78 is 0. The molecule has 4 saturated carbocycles. The number of carbonyl (C=O) groups is 2. The van der Waals surface area contributed by atoms with Crippen molar-refractivity contribution in [1.82, 2.24) is 15.5 Å². The Hall–Kier alpha value is -1.14. The van der Waals surface area contributed by atoms with Gasteiger partial charge in [0.15, 0.2) is 0 Å². The van der Waals surface area contributed by atoms with Crippen LogP contribution in [0.5, 0.6) is 0 Å². The Kier molecular flexibility index (Phi) is 4.11. The predicted octanol–water partition coefficient (Wildman–Crippen LogP) is 1.41. The van der Waals surface area contributed by atoms with Crippen LogP contribution in [0.25, 0.3) is 0 Å². The molecule has 0 aromatic rings. The first-order valence-electron chi connectivity index (χ1n) is 9.90. The highest BCUT2D eigenvalue weighted by atomic mass is 16.4. The van der Waals surface area contributed by atoms with Gasteiger partial charge in [-0.05, 0) is 56.8 Å². The van der Waals surface area contributed by atoms with Gasteiger partial charge in [0.25, 0.3) is 0 Å². The number of hydrogen-bond acceptors (Lipinski definition) is 4. The average molecular weight is 349 g/mol. The minimum Gasteiger partial charge on any atom is -0.481 e. The molecular formula is C19H31N3O3. The van der Waals surface area contributed by atoms with Crippen LogP contribution in [-0.4, -0.2) is 53.2 Å². The zero-order valence-electron chi connectivity index (χ0n) is 15.4. The standard InChI is InChI=1S/C19H31N3O3/c1-3-15(23)22(18(2)11-20-4-5-21-18)16-13-6-12-7-14(16)10-19(8-12,9-13)17(24)25/h12-14,16,20-21H,3-11H2,1-2H3,(H,24,25). The maximum Gasteiger partial charge on any atom is 0.309 e. The summed E-state index contributed by atoms with van der Waals surface area (Å²) in [6, 6.07) is 0.189. The Balaban J connectivity index is 1.67. The fraction of sp³-hybridized carbons (Fsp3) is 0.895. The lowest BCUT2D eigenvalue weighted by atomic mass is 9.47. The van der Waals surface area contributed by atoms with Crippen molar-refractivity contribution in [2.45, 2.75) is 64.1 Å². The zero-order valence-corrected chi connectivity index (χ0v) is 15.4. The second-order valence-electron chi connectivity index (χ2n) is 9.04. The molecule has 6 nitrogen and oxygen atoms in total. The van der Waals surface area contributed by atoms with Crippen LogP contribution in [0.2, 0.25) is 0 Å². The molecule has 1 aliphatic heterocycles. The Morgan fingerprint density at radius 1 is 1.16 bits per heavy atom. The van der Waals surface area contributed by atoms with Gasteiger partial charge in [0, 0.05) is 32.1 Å². The first-order chi connectivity index (χ1) is 11.9. The number of aliphatic carboxylic acids is 1. The molecule has 5 aliphatic rings. The van der Waals surface area contributed by atoms with Crippen LogP contribution in [0.4, 0.5) is 0 Å². The third kappa shape index (κ3) is 2.60. The molecule has 3 unspecified atom stereocenters. The lowest BCUT2D eigenvalue weighted by Gasteiger charge is -2.63. The fourth-order valence-electron chi connectivity index (χ4n) is 6.61. The number of nitrogens with one attached hydrogen (secondary N) is 2. The van der Waals surface area contributed by atoms with Crippen LogP contribution in [0.15, 0.2) is 0 Å². The van der Waals surface area contributed by atoms with Crippen molar-refractivity contribution >= 4 is 11.9 Å². The first kappa shape index (κ1) is 17.3. The molecule has 0 aromatic carbocycles. The number of carboxylic acids is 1. The number of rotatable bonds is 4. The van der Waals surface area contributed by atoms with Crippen LogP contribution >= 0.6 is 0 Å². The molecule has 0 aromatic heterocycles. The molecule has 25 heavy (non-hydrogen) atoms. The van der Waals surface area contributed by atoms with Gasteiger partial charge >= 0.3 is 5.97 Å². The minimum atomic E-state index is -0.609. The highest BCUT2D eigenvalue weighted by Crippen LogP contribution is 2.61. The summed E-state index contributed by atoms with van der Waals surface area (Å²) in [7, 11) is 0. The minimum absolute atomic E-state index is 0.189. The summed E-state index contributed by atoms with van der Waals surface area (Å²) in [5, 5.41) is 16.9. The van der Waals surface area contributed by atoms with Gasteiger partial charge in [0.2, 0.25) is 5.91 Å². The Labute approximate surface area is 149 Å². The van der Waals surface area contributed by atoms with Crippen molar-refractivity contribution in [1.29, 1.82) is 0 Å². The highest BCUT2D eigenvalue weighted by molar-refractivity contribution is 5.78. The van der Waals surface area contributed by atoms with Crippen molar-refractivity contribution < 1.29 is 14.7 Å². The molecule has 1 heterocycles. The quantitative estimate of drug-likeness (QED) is 0.715. The number of amides is 1. The lowest BCUT2D eigenvalue weighted by molar-refractivity contribution is -0.183. The Bertz CT molecular complexity index is 556. The number of nitrogens with zero attached hydrogens (tertiary/aromatic N) is 1. The van der Waals surface area contributed by atoms with Gasteiger partial charge in [0.05, 0.1) is 5.41 Å². The largest absolute Gasteiger partial charge is 0.481 e. The summed E-state index contributed by atoms with van der Waals surface area (Å²) in [6.07, 6.45) is 5.02. The van der Waals surface area contributed by atoms with E-state index in [-0.39, 0.29) is 17.6 Å². The van der Waals surface area contributed by atoms with Gasteiger partial charge in [-0.3, -0.25) is 14.9 Å². The van der Waals surface area contributed by atoms with Gasteiger partial charge in [-0.2, -0.15) is 0 Å². The van der Waals surface area contributed by atoms with Crippen LogP contribution in [0.1, 0.15) is 52.4 Å². The van der Waals surface area contributed by atoms with Crippen LogP contribution in [0.3, 0.4) is 0 Å². The van der Waals surface area contributed by atoms with Crippen LogP contribution < -0.4 is 10.6 Å². The highest BCUT2D eigenvalue weighted by Gasteiger charge is 2.61. The Morgan fingerprint density at radius 2 is 1.84 bits per heavy atom. The fourth-order valence-corrected chi connectivity index (χ4v) is 6.61. The van der Waals surface area contributed by atoms with E-state index in [1.807, 2.05) is 6.92 Å². The van der Waals surface area contributed by atoms with Gasteiger partial charge in [0.1, 0.15) is 5.66 Å². The van der Waals surface area contributed by atoms with E-state index >= 15 is 0 Å². The second-order valence-corrected chi connectivity index (χ2v) is 9.04. The topological polar surface area (TPSA) is 81.7 Å². The summed E-state index contributed by atoms with van der Waals surface area (Å²) in [5.41, 5.74) is -0.894. The van der Waals surface area contributed by atoms with Crippen LogP contribution in [-0.2, 0) is 9.59 Å². The second kappa shape index (κ2) is 5.95. The van der Waals surface area contributed by atoms with Crippen molar-refractivity contribution in [3.05, 3.63) is 0 Å².